The van der Waals surface area contributed by atoms with E-state index in [9.17, 15) is 13.2 Å². The zero-order valence-corrected chi connectivity index (χ0v) is 15.7. The summed E-state index contributed by atoms with van der Waals surface area (Å²) in [4.78, 5) is 14.4. The third-order valence-electron chi connectivity index (χ3n) is 4.68. The molecule has 0 aliphatic carbocycles. The Morgan fingerprint density at radius 3 is 2.19 bits per heavy atom. The lowest BCUT2D eigenvalue weighted by molar-refractivity contribution is -0.132. The number of aryl methyl sites for hydroxylation is 1. The van der Waals surface area contributed by atoms with Crippen molar-refractivity contribution in [3.63, 3.8) is 0 Å². The first kappa shape index (κ1) is 19.1. The molecule has 1 saturated heterocycles. The molecule has 1 amide bonds. The van der Waals surface area contributed by atoms with E-state index in [0.717, 1.165) is 5.56 Å². The molecule has 1 aliphatic rings. The van der Waals surface area contributed by atoms with Crippen molar-refractivity contribution in [1.29, 1.82) is 5.26 Å². The van der Waals surface area contributed by atoms with Crippen LogP contribution in [0.5, 0.6) is 0 Å². The molecule has 140 valence electrons. The Balaban J connectivity index is 1.52. The lowest BCUT2D eigenvalue weighted by atomic mass is 10.1. The van der Waals surface area contributed by atoms with Crippen molar-refractivity contribution in [3.05, 3.63) is 65.7 Å². The number of rotatable bonds is 5. The smallest absolute Gasteiger partial charge is 0.243 e. The average Bonchev–Trinajstić information content (AvgIpc) is 2.73. The first-order valence-corrected chi connectivity index (χ1v) is 10.3. The molecule has 0 radical (unpaired) electrons. The van der Waals surface area contributed by atoms with E-state index in [2.05, 4.69) is 6.07 Å². The van der Waals surface area contributed by atoms with Crippen molar-refractivity contribution >= 4 is 15.9 Å². The number of sulfonamides is 1. The number of hydrogen-bond acceptors (Lipinski definition) is 4. The highest BCUT2D eigenvalue weighted by molar-refractivity contribution is 7.89. The molecule has 6 nitrogen and oxygen atoms in total. The SMILES string of the molecule is N#Cc1ccc(CCC(=O)N2CCN(S(=O)(=O)c3ccccc3)CC2)cc1. The van der Waals surface area contributed by atoms with Crippen LogP contribution in [0.25, 0.3) is 0 Å². The third kappa shape index (κ3) is 4.54. The van der Waals surface area contributed by atoms with E-state index in [1.165, 1.54) is 4.31 Å². The number of carbonyl (C=O) groups is 1. The van der Waals surface area contributed by atoms with Crippen LogP contribution in [0, 0.1) is 11.3 Å². The Bertz CT molecular complexity index is 927. The van der Waals surface area contributed by atoms with Crippen LogP contribution < -0.4 is 0 Å². The number of nitriles is 1. The fourth-order valence-corrected chi connectivity index (χ4v) is 4.52. The Hall–Kier alpha value is -2.69. The first-order chi connectivity index (χ1) is 13.0. The van der Waals surface area contributed by atoms with Gasteiger partial charge in [-0.2, -0.15) is 9.57 Å². The Morgan fingerprint density at radius 1 is 0.963 bits per heavy atom. The van der Waals surface area contributed by atoms with Crippen molar-refractivity contribution in [3.8, 4) is 6.07 Å². The molecule has 2 aromatic rings. The van der Waals surface area contributed by atoms with Gasteiger partial charge in [0.25, 0.3) is 0 Å². The molecule has 1 aliphatic heterocycles. The third-order valence-corrected chi connectivity index (χ3v) is 6.60. The van der Waals surface area contributed by atoms with E-state index in [1.54, 1.807) is 47.4 Å². The second-order valence-corrected chi connectivity index (χ2v) is 8.34. The highest BCUT2D eigenvalue weighted by Gasteiger charge is 2.29. The maximum absolute atomic E-state index is 12.6. The van der Waals surface area contributed by atoms with E-state index in [4.69, 9.17) is 5.26 Å². The molecule has 3 rings (SSSR count). The summed E-state index contributed by atoms with van der Waals surface area (Å²) in [7, 11) is -3.50. The maximum atomic E-state index is 12.6. The van der Waals surface area contributed by atoms with Gasteiger partial charge in [-0.25, -0.2) is 8.42 Å². The second-order valence-electron chi connectivity index (χ2n) is 6.41. The molecule has 0 atom stereocenters. The summed E-state index contributed by atoms with van der Waals surface area (Å²) in [5, 5.41) is 8.81. The average molecular weight is 383 g/mol. The van der Waals surface area contributed by atoms with Gasteiger partial charge in [0.1, 0.15) is 0 Å². The molecule has 2 aromatic carbocycles. The lowest BCUT2D eigenvalue weighted by Gasteiger charge is -2.34. The largest absolute Gasteiger partial charge is 0.340 e. The van der Waals surface area contributed by atoms with Crippen molar-refractivity contribution in [2.45, 2.75) is 17.7 Å². The van der Waals surface area contributed by atoms with Gasteiger partial charge in [0.15, 0.2) is 0 Å². The van der Waals surface area contributed by atoms with Gasteiger partial charge < -0.3 is 4.90 Å². The number of piperazine rings is 1. The van der Waals surface area contributed by atoms with Crippen molar-refractivity contribution in [1.82, 2.24) is 9.21 Å². The van der Waals surface area contributed by atoms with Gasteiger partial charge in [0, 0.05) is 32.6 Å². The number of carbonyl (C=O) groups excluding carboxylic acids is 1. The minimum atomic E-state index is -3.50. The standard InChI is InChI=1S/C20H21N3O3S/c21-16-18-8-6-17(7-9-18)10-11-20(24)22-12-14-23(15-13-22)27(25,26)19-4-2-1-3-5-19/h1-9H,10-15H2. The molecular weight excluding hydrogens is 362 g/mol. The van der Waals surface area contributed by atoms with Gasteiger partial charge in [0.2, 0.25) is 15.9 Å². The summed E-state index contributed by atoms with van der Waals surface area (Å²) >= 11 is 0. The number of nitrogens with zero attached hydrogens (tertiary/aromatic N) is 3. The molecule has 0 saturated carbocycles. The molecule has 27 heavy (non-hydrogen) atoms. The minimum Gasteiger partial charge on any atom is -0.340 e. The van der Waals surface area contributed by atoms with Gasteiger partial charge in [-0.3, -0.25) is 4.79 Å². The van der Waals surface area contributed by atoms with E-state index in [-0.39, 0.29) is 10.8 Å². The number of benzene rings is 2. The van der Waals surface area contributed by atoms with Crippen LogP contribution in [0.4, 0.5) is 0 Å². The molecule has 0 bridgehead atoms. The van der Waals surface area contributed by atoms with Gasteiger partial charge >= 0.3 is 0 Å². The van der Waals surface area contributed by atoms with Crippen LogP contribution in [0.15, 0.2) is 59.5 Å². The van der Waals surface area contributed by atoms with Crippen molar-refractivity contribution < 1.29 is 13.2 Å². The molecule has 1 fully saturated rings. The zero-order chi connectivity index (χ0) is 19.3. The van der Waals surface area contributed by atoms with E-state index in [0.29, 0.717) is 44.6 Å². The molecular formula is C20H21N3O3S. The molecule has 0 unspecified atom stereocenters. The molecule has 0 N–H and O–H groups in total. The first-order valence-electron chi connectivity index (χ1n) is 8.83. The normalized spacial score (nSPS) is 15.3. The fraction of sp³-hybridized carbons (Fsp3) is 0.300. The minimum absolute atomic E-state index is 0.0242. The summed E-state index contributed by atoms with van der Waals surface area (Å²) in [6.07, 6.45) is 0.977. The van der Waals surface area contributed by atoms with Crippen LogP contribution in [-0.4, -0.2) is 49.7 Å². The summed E-state index contributed by atoms with van der Waals surface area (Å²) < 4.78 is 26.7. The predicted molar refractivity (Wildman–Crippen MR) is 101 cm³/mol. The van der Waals surface area contributed by atoms with E-state index in [1.807, 2.05) is 12.1 Å². The summed E-state index contributed by atoms with van der Waals surface area (Å²) in [5.41, 5.74) is 1.61. The Kier molecular flexibility index (Phi) is 5.89. The summed E-state index contributed by atoms with van der Waals surface area (Å²) in [5.74, 6) is 0.0242. The fourth-order valence-electron chi connectivity index (χ4n) is 3.07. The Labute approximate surface area is 159 Å². The highest BCUT2D eigenvalue weighted by atomic mass is 32.2. The summed E-state index contributed by atoms with van der Waals surface area (Å²) in [6, 6.07) is 17.6. The highest BCUT2D eigenvalue weighted by Crippen LogP contribution is 2.18. The second kappa shape index (κ2) is 8.33. The van der Waals surface area contributed by atoms with Crippen molar-refractivity contribution in [2.24, 2.45) is 0 Å². The lowest BCUT2D eigenvalue weighted by Crippen LogP contribution is -2.50. The number of hydrogen-bond donors (Lipinski definition) is 0. The van der Waals surface area contributed by atoms with E-state index < -0.39 is 10.0 Å². The van der Waals surface area contributed by atoms with Crippen LogP contribution >= 0.6 is 0 Å². The molecule has 7 heteroatoms. The Morgan fingerprint density at radius 2 is 1.59 bits per heavy atom. The van der Waals surface area contributed by atoms with Crippen molar-refractivity contribution in [2.75, 3.05) is 26.2 Å². The maximum Gasteiger partial charge on any atom is 0.243 e. The molecule has 1 heterocycles. The predicted octanol–water partition coefficient (Wildman–Crippen LogP) is 2.02. The van der Waals surface area contributed by atoms with Crippen LogP contribution in [-0.2, 0) is 21.2 Å². The van der Waals surface area contributed by atoms with E-state index >= 15 is 0 Å². The summed E-state index contributed by atoms with van der Waals surface area (Å²) in [6.45, 7) is 1.41. The number of amides is 1. The quantitative estimate of drug-likeness (QED) is 0.791. The van der Waals surface area contributed by atoms with Gasteiger partial charge in [0.05, 0.1) is 16.5 Å². The van der Waals surface area contributed by atoms with Crippen LogP contribution in [0.1, 0.15) is 17.5 Å². The monoisotopic (exact) mass is 383 g/mol. The molecule has 0 spiro atoms. The van der Waals surface area contributed by atoms with Gasteiger partial charge in [-0.1, -0.05) is 30.3 Å². The van der Waals surface area contributed by atoms with Gasteiger partial charge in [-0.05, 0) is 36.2 Å². The zero-order valence-electron chi connectivity index (χ0n) is 14.9. The molecule has 0 aromatic heterocycles. The van der Waals surface area contributed by atoms with Crippen LogP contribution in [0.3, 0.4) is 0 Å². The van der Waals surface area contributed by atoms with Gasteiger partial charge in [-0.15, -0.1) is 0 Å². The van der Waals surface area contributed by atoms with Crippen LogP contribution in [0.2, 0.25) is 0 Å². The topological polar surface area (TPSA) is 81.5 Å².